The molecule has 1 spiro atoms. The number of aryl methyl sites for hydroxylation is 1. The molecule has 3 nitrogen and oxygen atoms in total. The van der Waals surface area contributed by atoms with E-state index in [9.17, 15) is 0 Å². The number of rotatable bonds is 3. The highest BCUT2D eigenvalue weighted by molar-refractivity contribution is 7.26. The van der Waals surface area contributed by atoms with E-state index >= 15 is 0 Å². The number of aromatic nitrogens is 2. The summed E-state index contributed by atoms with van der Waals surface area (Å²) in [4.78, 5) is 13.3. The van der Waals surface area contributed by atoms with E-state index in [4.69, 9.17) is 9.97 Å². The fourth-order valence-corrected chi connectivity index (χ4v) is 10.8. The topological polar surface area (TPSA) is 29.0 Å². The second kappa shape index (κ2) is 11.8. The summed E-state index contributed by atoms with van der Waals surface area (Å²) in [6, 6.07) is 66.4. The van der Waals surface area contributed by atoms with E-state index < -0.39 is 5.41 Å². The Bertz CT molecular complexity index is 3190. The van der Waals surface area contributed by atoms with Crippen molar-refractivity contribution in [2.45, 2.75) is 12.3 Å². The largest absolute Gasteiger partial charge is 0.310 e. The molecule has 262 valence electrons. The molecule has 12 rings (SSSR count). The van der Waals surface area contributed by atoms with E-state index in [1.54, 1.807) is 11.3 Å². The minimum absolute atomic E-state index is 0.516. The van der Waals surface area contributed by atoms with Gasteiger partial charge in [0.25, 0.3) is 0 Å². The smallest absolute Gasteiger partial charge is 0.160 e. The molecule has 56 heavy (non-hydrogen) atoms. The average molecular weight is 732 g/mol. The van der Waals surface area contributed by atoms with E-state index in [0.29, 0.717) is 0 Å². The van der Waals surface area contributed by atoms with Gasteiger partial charge >= 0.3 is 0 Å². The van der Waals surface area contributed by atoms with Gasteiger partial charge < -0.3 is 4.90 Å². The van der Waals surface area contributed by atoms with Crippen LogP contribution < -0.4 is 4.90 Å². The number of para-hydroxylation sites is 3. The van der Waals surface area contributed by atoms with Gasteiger partial charge in [0, 0.05) is 26.9 Å². The predicted molar refractivity (Wildman–Crippen MR) is 234 cm³/mol. The van der Waals surface area contributed by atoms with Crippen LogP contribution in [0.2, 0.25) is 0 Å². The maximum atomic E-state index is 5.46. The quantitative estimate of drug-likeness (QED) is 0.181. The second-order valence-electron chi connectivity index (χ2n) is 14.9. The number of hydrogen-bond donors (Lipinski definition) is 0. The van der Waals surface area contributed by atoms with Crippen LogP contribution in [0.5, 0.6) is 0 Å². The first-order chi connectivity index (χ1) is 27.7. The van der Waals surface area contributed by atoms with Crippen LogP contribution in [0, 0.1) is 6.92 Å². The summed E-state index contributed by atoms with van der Waals surface area (Å²) < 4.78 is 2.33. The molecule has 2 aliphatic rings. The molecule has 0 amide bonds. The molecule has 0 fully saturated rings. The van der Waals surface area contributed by atoms with E-state index in [2.05, 4.69) is 194 Å². The van der Waals surface area contributed by atoms with E-state index in [0.717, 1.165) is 43.9 Å². The van der Waals surface area contributed by atoms with Gasteiger partial charge in [0.1, 0.15) is 0 Å². The summed E-state index contributed by atoms with van der Waals surface area (Å²) in [6.07, 6.45) is 0. The first kappa shape index (κ1) is 31.5. The molecule has 0 radical (unpaired) electrons. The standard InChI is InChI=1S/C52H33N3S/c1-32-14-13-22-43-47(32)39-31-36(51-53-48(35-27-26-33-15-5-6-16-34(33)30-35)50-49(54-51)38-19-7-12-25-46(38)56-50)28-29-40(39)52(43)41-20-8-10-23-44(41)55(37-17-3-2-4-18-37)45-24-11-9-21-42(45)52/h2-31H,1H3. The van der Waals surface area contributed by atoms with Crippen LogP contribution >= 0.6 is 11.3 Å². The van der Waals surface area contributed by atoms with Crippen molar-refractivity contribution in [3.05, 3.63) is 210 Å². The average Bonchev–Trinajstić information content (AvgIpc) is 3.78. The van der Waals surface area contributed by atoms with Crippen molar-refractivity contribution in [2.75, 3.05) is 4.90 Å². The lowest BCUT2D eigenvalue weighted by molar-refractivity contribution is 0.752. The second-order valence-corrected chi connectivity index (χ2v) is 16.0. The number of hydrogen-bond acceptors (Lipinski definition) is 4. The molecular weight excluding hydrogens is 699 g/mol. The number of anilines is 3. The maximum absolute atomic E-state index is 5.46. The summed E-state index contributed by atoms with van der Waals surface area (Å²) in [5.74, 6) is 0.739. The van der Waals surface area contributed by atoms with Gasteiger partial charge in [-0.2, -0.15) is 0 Å². The van der Waals surface area contributed by atoms with Gasteiger partial charge in [0.2, 0.25) is 0 Å². The Kier molecular flexibility index (Phi) is 6.64. The zero-order valence-corrected chi connectivity index (χ0v) is 31.4. The Morgan fingerprint density at radius 1 is 0.518 bits per heavy atom. The van der Waals surface area contributed by atoms with Gasteiger partial charge in [-0.1, -0.05) is 140 Å². The highest BCUT2D eigenvalue weighted by atomic mass is 32.1. The minimum Gasteiger partial charge on any atom is -0.310 e. The minimum atomic E-state index is -0.516. The lowest BCUT2D eigenvalue weighted by atomic mass is 9.64. The van der Waals surface area contributed by atoms with E-state index in [1.807, 2.05) is 0 Å². The number of benzene rings is 8. The van der Waals surface area contributed by atoms with Crippen molar-refractivity contribution in [1.82, 2.24) is 9.97 Å². The van der Waals surface area contributed by atoms with Crippen molar-refractivity contribution in [3.8, 4) is 33.8 Å². The molecular formula is C52H33N3S. The fourth-order valence-electron chi connectivity index (χ4n) is 9.63. The van der Waals surface area contributed by atoms with E-state index in [-0.39, 0.29) is 0 Å². The summed E-state index contributed by atoms with van der Waals surface area (Å²) >= 11 is 1.78. The molecule has 1 aliphatic heterocycles. The van der Waals surface area contributed by atoms with Gasteiger partial charge in [-0.25, -0.2) is 9.97 Å². The number of thiophene rings is 1. The molecule has 0 saturated carbocycles. The number of nitrogens with zero attached hydrogens (tertiary/aromatic N) is 3. The highest BCUT2D eigenvalue weighted by Gasteiger charge is 2.52. The van der Waals surface area contributed by atoms with Crippen LogP contribution in [0.3, 0.4) is 0 Å². The lowest BCUT2D eigenvalue weighted by Gasteiger charge is -2.45. The molecule has 0 N–H and O–H groups in total. The molecule has 0 bridgehead atoms. The zero-order chi connectivity index (χ0) is 37.0. The first-order valence-corrected chi connectivity index (χ1v) is 20.0. The predicted octanol–water partition coefficient (Wildman–Crippen LogP) is 13.8. The van der Waals surface area contributed by atoms with Gasteiger partial charge in [-0.3, -0.25) is 0 Å². The first-order valence-electron chi connectivity index (χ1n) is 19.2. The molecule has 2 aromatic heterocycles. The van der Waals surface area contributed by atoms with Gasteiger partial charge in [0.05, 0.1) is 32.7 Å². The van der Waals surface area contributed by atoms with E-state index in [1.165, 1.54) is 65.8 Å². The van der Waals surface area contributed by atoms with Crippen molar-refractivity contribution >= 4 is 59.5 Å². The molecule has 8 aromatic carbocycles. The summed E-state index contributed by atoms with van der Waals surface area (Å²) in [5.41, 5.74) is 16.1. The third kappa shape index (κ3) is 4.27. The van der Waals surface area contributed by atoms with Crippen LogP contribution in [0.15, 0.2) is 182 Å². The normalized spacial score (nSPS) is 13.6. The number of fused-ring (bicyclic) bond motifs is 13. The van der Waals surface area contributed by atoms with Crippen LogP contribution in [-0.2, 0) is 5.41 Å². The summed E-state index contributed by atoms with van der Waals surface area (Å²) in [6.45, 7) is 2.25. The molecule has 1 aliphatic carbocycles. The third-order valence-electron chi connectivity index (χ3n) is 12.0. The molecule has 3 heterocycles. The van der Waals surface area contributed by atoms with Gasteiger partial charge in [0.15, 0.2) is 5.82 Å². The highest BCUT2D eigenvalue weighted by Crippen LogP contribution is 2.64. The maximum Gasteiger partial charge on any atom is 0.160 e. The fraction of sp³-hybridized carbons (Fsp3) is 0.0385. The summed E-state index contributed by atoms with van der Waals surface area (Å²) in [5, 5.41) is 3.59. The Labute approximate surface area is 328 Å². The van der Waals surface area contributed by atoms with Crippen molar-refractivity contribution in [1.29, 1.82) is 0 Å². The Hall–Kier alpha value is -6.88. The van der Waals surface area contributed by atoms with Crippen LogP contribution in [-0.4, -0.2) is 9.97 Å². The van der Waals surface area contributed by atoms with Crippen LogP contribution in [0.4, 0.5) is 17.1 Å². The molecule has 10 aromatic rings. The van der Waals surface area contributed by atoms with Crippen LogP contribution in [0.1, 0.15) is 27.8 Å². The van der Waals surface area contributed by atoms with Gasteiger partial charge in [-0.15, -0.1) is 11.3 Å². The Balaban J connectivity index is 1.13. The third-order valence-corrected chi connectivity index (χ3v) is 13.1. The van der Waals surface area contributed by atoms with Crippen molar-refractivity contribution < 1.29 is 0 Å². The van der Waals surface area contributed by atoms with Crippen LogP contribution in [0.25, 0.3) is 64.8 Å². The molecule has 0 unspecified atom stereocenters. The van der Waals surface area contributed by atoms with Crippen molar-refractivity contribution in [2.24, 2.45) is 0 Å². The molecule has 0 atom stereocenters. The molecule has 0 saturated heterocycles. The summed E-state index contributed by atoms with van der Waals surface area (Å²) in [7, 11) is 0. The van der Waals surface area contributed by atoms with Gasteiger partial charge in [-0.05, 0) is 99.1 Å². The molecule has 4 heteroatoms. The Morgan fingerprint density at radius 3 is 2.02 bits per heavy atom. The zero-order valence-electron chi connectivity index (χ0n) is 30.6. The Morgan fingerprint density at radius 2 is 1.20 bits per heavy atom. The van der Waals surface area contributed by atoms with Crippen molar-refractivity contribution in [3.63, 3.8) is 0 Å². The lowest BCUT2D eigenvalue weighted by Crippen LogP contribution is -2.36. The SMILES string of the molecule is Cc1cccc2c1-c1cc(-c3nc(-c4ccc5ccccc5c4)c4sc5ccccc5c4n3)ccc1C21c2ccccc2N(c2ccccc2)c2ccccc21. The monoisotopic (exact) mass is 731 g/mol.